The van der Waals surface area contributed by atoms with Crippen LogP contribution in [-0.4, -0.2) is 16.6 Å². The summed E-state index contributed by atoms with van der Waals surface area (Å²) >= 11 is 0. The second-order valence-electron chi connectivity index (χ2n) is 5.86. The highest BCUT2D eigenvalue weighted by molar-refractivity contribution is 5.83. The average Bonchev–Trinajstić information content (AvgIpc) is 2.41. The standard InChI is InChI=1S/C16H20N2O2/c1-11-5-7-16(8-6-11,15(19)20)18-14-9-12(2)3-4-13(14)10-17/h3-4,9,11,18H,5-8H2,1-2H3,(H,19,20). The van der Waals surface area contributed by atoms with Gasteiger partial charge in [-0.2, -0.15) is 5.26 Å². The molecule has 1 aromatic rings. The molecule has 1 aromatic carbocycles. The quantitative estimate of drug-likeness (QED) is 0.885. The van der Waals surface area contributed by atoms with Crippen LogP contribution in [0.5, 0.6) is 0 Å². The first-order valence-corrected chi connectivity index (χ1v) is 6.99. The van der Waals surface area contributed by atoms with Gasteiger partial charge in [0.1, 0.15) is 11.6 Å². The third-order valence-electron chi connectivity index (χ3n) is 4.21. The van der Waals surface area contributed by atoms with Gasteiger partial charge in [-0.3, -0.25) is 0 Å². The Kier molecular flexibility index (Phi) is 3.99. The molecule has 0 aliphatic heterocycles. The molecule has 0 saturated heterocycles. The van der Waals surface area contributed by atoms with Crippen LogP contribution in [0.1, 0.15) is 43.7 Å². The van der Waals surface area contributed by atoms with E-state index in [0.717, 1.165) is 18.4 Å². The number of hydrogen-bond acceptors (Lipinski definition) is 3. The van der Waals surface area contributed by atoms with E-state index in [0.29, 0.717) is 30.0 Å². The van der Waals surface area contributed by atoms with Crippen molar-refractivity contribution in [2.75, 3.05) is 5.32 Å². The van der Waals surface area contributed by atoms with Crippen molar-refractivity contribution in [3.05, 3.63) is 29.3 Å². The van der Waals surface area contributed by atoms with Crippen LogP contribution in [0, 0.1) is 24.2 Å². The maximum absolute atomic E-state index is 11.7. The van der Waals surface area contributed by atoms with Crippen molar-refractivity contribution in [2.45, 2.75) is 45.1 Å². The first-order chi connectivity index (χ1) is 9.47. The number of nitriles is 1. The molecule has 0 amide bonds. The van der Waals surface area contributed by atoms with E-state index in [2.05, 4.69) is 18.3 Å². The summed E-state index contributed by atoms with van der Waals surface area (Å²) in [7, 11) is 0. The third-order valence-corrected chi connectivity index (χ3v) is 4.21. The molecular weight excluding hydrogens is 252 g/mol. The lowest BCUT2D eigenvalue weighted by Crippen LogP contribution is -2.49. The van der Waals surface area contributed by atoms with E-state index in [1.807, 2.05) is 19.1 Å². The summed E-state index contributed by atoms with van der Waals surface area (Å²) in [6, 6.07) is 7.57. The van der Waals surface area contributed by atoms with Crippen molar-refractivity contribution in [3.8, 4) is 6.07 Å². The number of hydrogen-bond donors (Lipinski definition) is 2. The fourth-order valence-electron chi connectivity index (χ4n) is 2.76. The van der Waals surface area contributed by atoms with E-state index >= 15 is 0 Å². The van der Waals surface area contributed by atoms with E-state index in [4.69, 9.17) is 5.26 Å². The molecule has 1 fully saturated rings. The molecule has 20 heavy (non-hydrogen) atoms. The molecule has 4 heteroatoms. The Labute approximate surface area is 119 Å². The second-order valence-corrected chi connectivity index (χ2v) is 5.86. The SMILES string of the molecule is Cc1ccc(C#N)c(NC2(C(=O)O)CCC(C)CC2)c1. The Morgan fingerprint density at radius 2 is 2.10 bits per heavy atom. The molecule has 0 aromatic heterocycles. The molecule has 1 saturated carbocycles. The van der Waals surface area contributed by atoms with Gasteiger partial charge in [-0.05, 0) is 56.2 Å². The molecule has 2 rings (SSSR count). The number of carbonyl (C=O) groups is 1. The van der Waals surface area contributed by atoms with Gasteiger partial charge in [0.2, 0.25) is 0 Å². The van der Waals surface area contributed by atoms with E-state index in [1.54, 1.807) is 6.07 Å². The number of rotatable bonds is 3. The summed E-state index contributed by atoms with van der Waals surface area (Å²) in [5.74, 6) is -0.257. The smallest absolute Gasteiger partial charge is 0.329 e. The van der Waals surface area contributed by atoms with Crippen molar-refractivity contribution in [2.24, 2.45) is 5.92 Å². The van der Waals surface area contributed by atoms with Gasteiger partial charge in [0, 0.05) is 0 Å². The van der Waals surface area contributed by atoms with Crippen LogP contribution >= 0.6 is 0 Å². The summed E-state index contributed by atoms with van der Waals surface area (Å²) in [4.78, 5) is 11.7. The van der Waals surface area contributed by atoms with Crippen LogP contribution in [0.2, 0.25) is 0 Å². The summed E-state index contributed by atoms with van der Waals surface area (Å²) < 4.78 is 0. The van der Waals surface area contributed by atoms with Gasteiger partial charge in [0.15, 0.2) is 0 Å². The minimum Gasteiger partial charge on any atom is -0.480 e. The normalized spacial score (nSPS) is 25.8. The fraction of sp³-hybridized carbons (Fsp3) is 0.500. The number of aliphatic carboxylic acids is 1. The zero-order valence-electron chi connectivity index (χ0n) is 11.9. The van der Waals surface area contributed by atoms with E-state index in [1.165, 1.54) is 0 Å². The van der Waals surface area contributed by atoms with Crippen LogP contribution < -0.4 is 5.32 Å². The molecule has 1 aliphatic carbocycles. The summed E-state index contributed by atoms with van der Waals surface area (Å²) in [5, 5.41) is 21.9. The maximum atomic E-state index is 11.7. The molecule has 106 valence electrons. The van der Waals surface area contributed by atoms with Gasteiger partial charge in [0.25, 0.3) is 0 Å². The summed E-state index contributed by atoms with van der Waals surface area (Å²) in [6.07, 6.45) is 2.99. The second kappa shape index (κ2) is 5.54. The fourth-order valence-corrected chi connectivity index (χ4v) is 2.76. The van der Waals surface area contributed by atoms with Gasteiger partial charge in [-0.15, -0.1) is 0 Å². The topological polar surface area (TPSA) is 73.1 Å². The first kappa shape index (κ1) is 14.4. The van der Waals surface area contributed by atoms with Gasteiger partial charge >= 0.3 is 5.97 Å². The lowest BCUT2D eigenvalue weighted by atomic mass is 9.77. The van der Waals surface area contributed by atoms with Gasteiger partial charge in [-0.25, -0.2) is 4.79 Å². The Bertz CT molecular complexity index is 552. The highest BCUT2D eigenvalue weighted by Crippen LogP contribution is 2.35. The lowest BCUT2D eigenvalue weighted by molar-refractivity contribution is -0.143. The van der Waals surface area contributed by atoms with Crippen molar-refractivity contribution in [3.63, 3.8) is 0 Å². The third kappa shape index (κ3) is 2.77. The van der Waals surface area contributed by atoms with Crippen LogP contribution in [0.25, 0.3) is 0 Å². The number of nitrogens with zero attached hydrogens (tertiary/aromatic N) is 1. The monoisotopic (exact) mass is 272 g/mol. The molecule has 0 heterocycles. The minimum absolute atomic E-state index is 0.495. The minimum atomic E-state index is -0.939. The number of nitrogens with one attached hydrogen (secondary N) is 1. The van der Waals surface area contributed by atoms with Crippen LogP contribution in [0.4, 0.5) is 5.69 Å². The van der Waals surface area contributed by atoms with E-state index < -0.39 is 11.5 Å². The summed E-state index contributed by atoms with van der Waals surface area (Å²) in [6.45, 7) is 4.09. The average molecular weight is 272 g/mol. The van der Waals surface area contributed by atoms with Crippen molar-refractivity contribution < 1.29 is 9.90 Å². The molecule has 0 bridgehead atoms. The molecule has 0 unspecified atom stereocenters. The van der Waals surface area contributed by atoms with Crippen LogP contribution in [0.3, 0.4) is 0 Å². The van der Waals surface area contributed by atoms with Crippen LogP contribution in [0.15, 0.2) is 18.2 Å². The number of carboxylic acid groups (broad SMARTS) is 1. The number of aryl methyl sites for hydroxylation is 1. The Balaban J connectivity index is 2.32. The molecule has 1 aliphatic rings. The molecule has 0 radical (unpaired) electrons. The maximum Gasteiger partial charge on any atom is 0.329 e. The molecule has 2 N–H and O–H groups in total. The number of carboxylic acids is 1. The first-order valence-electron chi connectivity index (χ1n) is 6.99. The van der Waals surface area contributed by atoms with E-state index in [-0.39, 0.29) is 0 Å². The largest absolute Gasteiger partial charge is 0.480 e. The molecule has 4 nitrogen and oxygen atoms in total. The molecule has 0 spiro atoms. The predicted molar refractivity (Wildman–Crippen MR) is 77.5 cm³/mol. The highest BCUT2D eigenvalue weighted by Gasteiger charge is 2.41. The zero-order valence-corrected chi connectivity index (χ0v) is 11.9. The Morgan fingerprint density at radius 1 is 1.45 bits per heavy atom. The molecule has 0 atom stereocenters. The van der Waals surface area contributed by atoms with Gasteiger partial charge in [-0.1, -0.05) is 13.0 Å². The Morgan fingerprint density at radius 3 is 2.65 bits per heavy atom. The van der Waals surface area contributed by atoms with E-state index in [9.17, 15) is 9.90 Å². The van der Waals surface area contributed by atoms with Crippen LogP contribution in [-0.2, 0) is 4.79 Å². The van der Waals surface area contributed by atoms with Gasteiger partial charge in [0.05, 0.1) is 11.3 Å². The van der Waals surface area contributed by atoms with Gasteiger partial charge < -0.3 is 10.4 Å². The summed E-state index contributed by atoms with van der Waals surface area (Å²) in [5.41, 5.74) is 1.20. The van der Waals surface area contributed by atoms with Crippen molar-refractivity contribution >= 4 is 11.7 Å². The highest BCUT2D eigenvalue weighted by atomic mass is 16.4. The zero-order chi connectivity index (χ0) is 14.8. The number of benzene rings is 1. The van der Waals surface area contributed by atoms with Crippen molar-refractivity contribution in [1.82, 2.24) is 0 Å². The lowest BCUT2D eigenvalue weighted by Gasteiger charge is -2.37. The van der Waals surface area contributed by atoms with Crippen molar-refractivity contribution in [1.29, 1.82) is 5.26 Å². The number of anilines is 1. The predicted octanol–water partition coefficient (Wildman–Crippen LogP) is 3.31. The Hall–Kier alpha value is -2.02. The molecular formula is C16H20N2O2.